The van der Waals surface area contributed by atoms with Gasteiger partial charge < -0.3 is 47.4 Å². The molecular formula is C37H52O10. The molecule has 3 aliphatic heterocycles. The fourth-order valence-corrected chi connectivity index (χ4v) is 6.78. The van der Waals surface area contributed by atoms with Crippen LogP contribution in [0.2, 0.25) is 0 Å². The molecule has 1 saturated carbocycles. The maximum Gasteiger partial charge on any atom is 0.164 e. The summed E-state index contributed by atoms with van der Waals surface area (Å²) in [6, 6.07) is 20.2. The van der Waals surface area contributed by atoms with Crippen LogP contribution in [0.1, 0.15) is 63.5 Å². The zero-order chi connectivity index (χ0) is 32.3. The van der Waals surface area contributed by atoms with E-state index in [-0.39, 0.29) is 12.6 Å². The van der Waals surface area contributed by atoms with E-state index in [0.29, 0.717) is 39.6 Å². The van der Waals surface area contributed by atoms with Crippen molar-refractivity contribution in [2.75, 3.05) is 39.6 Å². The SMILES string of the molecule is CC1(C)O[C@@H]2[C@H](OCc3ccccc3)[C@@H](OCCOC3CCCCO3)[C@H](OCCOC3CCCCO3)[C@@H](OCc3ccccc3)[C@@H]2O1. The van der Waals surface area contributed by atoms with Crippen molar-refractivity contribution in [1.82, 2.24) is 0 Å². The minimum Gasteiger partial charge on any atom is -0.370 e. The summed E-state index contributed by atoms with van der Waals surface area (Å²) in [5.74, 6) is -0.847. The number of hydrogen-bond acceptors (Lipinski definition) is 10. The summed E-state index contributed by atoms with van der Waals surface area (Å²) in [5.41, 5.74) is 2.11. The van der Waals surface area contributed by atoms with Gasteiger partial charge in [0.05, 0.1) is 39.6 Å². The third-order valence-corrected chi connectivity index (χ3v) is 9.02. The summed E-state index contributed by atoms with van der Waals surface area (Å²) in [4.78, 5) is 0. The molecule has 1 aliphatic carbocycles. The highest BCUT2D eigenvalue weighted by atomic mass is 16.8. The Balaban J connectivity index is 1.22. The first-order chi connectivity index (χ1) is 23.1. The normalized spacial score (nSPS) is 32.2. The van der Waals surface area contributed by atoms with Gasteiger partial charge in [0, 0.05) is 13.2 Å². The van der Waals surface area contributed by atoms with Gasteiger partial charge >= 0.3 is 0 Å². The number of fused-ring (bicyclic) bond motifs is 1. The minimum atomic E-state index is -0.847. The molecule has 47 heavy (non-hydrogen) atoms. The van der Waals surface area contributed by atoms with Crippen molar-refractivity contribution in [3.8, 4) is 0 Å². The molecule has 6 rings (SSSR count). The fraction of sp³-hybridized carbons (Fsp3) is 0.676. The molecule has 0 radical (unpaired) electrons. The van der Waals surface area contributed by atoms with Crippen molar-refractivity contribution in [1.29, 1.82) is 0 Å². The predicted molar refractivity (Wildman–Crippen MR) is 172 cm³/mol. The van der Waals surface area contributed by atoms with Gasteiger partial charge in [0.25, 0.3) is 0 Å². The summed E-state index contributed by atoms with van der Waals surface area (Å²) in [6.45, 7) is 7.50. The highest BCUT2D eigenvalue weighted by molar-refractivity contribution is 5.15. The molecule has 4 fully saturated rings. The summed E-state index contributed by atoms with van der Waals surface area (Å²) in [6.07, 6.45) is 2.73. The number of hydrogen-bond donors (Lipinski definition) is 0. The molecule has 0 N–H and O–H groups in total. The predicted octanol–water partition coefficient (Wildman–Crippen LogP) is 5.55. The Morgan fingerprint density at radius 3 is 1.36 bits per heavy atom. The van der Waals surface area contributed by atoms with Crippen LogP contribution >= 0.6 is 0 Å². The van der Waals surface area contributed by atoms with Gasteiger partial charge in [-0.1, -0.05) is 60.7 Å². The Bertz CT molecular complexity index is 1060. The number of ether oxygens (including phenoxy) is 10. The Morgan fingerprint density at radius 1 is 0.532 bits per heavy atom. The summed E-state index contributed by atoms with van der Waals surface area (Å²) < 4.78 is 63.5. The van der Waals surface area contributed by atoms with E-state index in [9.17, 15) is 0 Å². The van der Waals surface area contributed by atoms with Gasteiger partial charge in [-0.15, -0.1) is 0 Å². The van der Waals surface area contributed by atoms with E-state index in [1.165, 1.54) is 0 Å². The van der Waals surface area contributed by atoms with E-state index in [2.05, 4.69) is 24.3 Å². The lowest BCUT2D eigenvalue weighted by Gasteiger charge is -2.46. The maximum absolute atomic E-state index is 6.70. The molecular weight excluding hydrogens is 604 g/mol. The van der Waals surface area contributed by atoms with E-state index in [0.717, 1.165) is 62.9 Å². The van der Waals surface area contributed by atoms with Crippen LogP contribution in [-0.2, 0) is 60.6 Å². The quantitative estimate of drug-likeness (QED) is 0.214. The molecule has 260 valence electrons. The highest BCUT2D eigenvalue weighted by Gasteiger charge is 2.60. The van der Waals surface area contributed by atoms with Crippen molar-refractivity contribution < 1.29 is 47.4 Å². The molecule has 2 aromatic carbocycles. The number of rotatable bonds is 16. The smallest absolute Gasteiger partial charge is 0.164 e. The van der Waals surface area contributed by atoms with Gasteiger partial charge in [0.15, 0.2) is 18.4 Å². The van der Waals surface area contributed by atoms with Crippen LogP contribution in [0.15, 0.2) is 60.7 Å². The van der Waals surface area contributed by atoms with Gasteiger partial charge in [-0.25, -0.2) is 0 Å². The van der Waals surface area contributed by atoms with Crippen LogP contribution in [0.4, 0.5) is 0 Å². The molecule has 3 saturated heterocycles. The van der Waals surface area contributed by atoms with Crippen molar-refractivity contribution in [3.63, 3.8) is 0 Å². The lowest BCUT2D eigenvalue weighted by atomic mass is 9.84. The fourth-order valence-electron chi connectivity index (χ4n) is 6.78. The Morgan fingerprint density at radius 2 is 0.957 bits per heavy atom. The van der Waals surface area contributed by atoms with Crippen LogP contribution in [-0.4, -0.2) is 94.6 Å². The van der Waals surface area contributed by atoms with Crippen molar-refractivity contribution in [2.45, 2.75) is 121 Å². The second-order valence-corrected chi connectivity index (χ2v) is 13.1. The Labute approximate surface area is 279 Å². The van der Waals surface area contributed by atoms with Gasteiger partial charge in [-0.2, -0.15) is 0 Å². The third-order valence-electron chi connectivity index (χ3n) is 9.02. The molecule has 10 nitrogen and oxygen atoms in total. The largest absolute Gasteiger partial charge is 0.370 e. The lowest BCUT2D eigenvalue weighted by Crippen LogP contribution is -2.65. The molecule has 0 spiro atoms. The second kappa shape index (κ2) is 17.6. The molecule has 3 heterocycles. The average Bonchev–Trinajstić information content (AvgIpc) is 3.43. The molecule has 0 amide bonds. The minimum absolute atomic E-state index is 0.200. The molecule has 0 bridgehead atoms. The van der Waals surface area contributed by atoms with Crippen molar-refractivity contribution >= 4 is 0 Å². The lowest BCUT2D eigenvalue weighted by molar-refractivity contribution is -0.257. The highest BCUT2D eigenvalue weighted by Crippen LogP contribution is 2.42. The van der Waals surface area contributed by atoms with E-state index < -0.39 is 42.4 Å². The zero-order valence-corrected chi connectivity index (χ0v) is 27.9. The van der Waals surface area contributed by atoms with Crippen LogP contribution in [0.3, 0.4) is 0 Å². The van der Waals surface area contributed by atoms with Crippen LogP contribution in [0, 0.1) is 0 Å². The average molecular weight is 657 g/mol. The maximum atomic E-state index is 6.70. The first kappa shape index (κ1) is 34.9. The van der Waals surface area contributed by atoms with E-state index in [4.69, 9.17) is 47.4 Å². The van der Waals surface area contributed by atoms with Crippen LogP contribution in [0.25, 0.3) is 0 Å². The van der Waals surface area contributed by atoms with E-state index in [1.54, 1.807) is 0 Å². The third kappa shape index (κ3) is 10.0. The van der Waals surface area contributed by atoms with Gasteiger partial charge in [0.1, 0.15) is 36.6 Å². The molecule has 10 heteroatoms. The van der Waals surface area contributed by atoms with E-state index in [1.807, 2.05) is 50.2 Å². The monoisotopic (exact) mass is 656 g/mol. The number of benzene rings is 2. The van der Waals surface area contributed by atoms with Gasteiger partial charge in [0.2, 0.25) is 0 Å². The molecule has 0 aromatic heterocycles. The summed E-state index contributed by atoms with van der Waals surface area (Å²) in [5, 5.41) is 0. The summed E-state index contributed by atoms with van der Waals surface area (Å²) in [7, 11) is 0. The van der Waals surface area contributed by atoms with Gasteiger partial charge in [-0.05, 0) is 63.5 Å². The van der Waals surface area contributed by atoms with E-state index >= 15 is 0 Å². The topological polar surface area (TPSA) is 92.3 Å². The standard InChI is InChI=1S/C37H52O10/c1-37(2)46-35-33(44-25-27-13-5-3-6-14-27)31(42-23-21-40-29-17-9-11-19-38-29)32(43-24-22-41-30-18-10-12-20-39-30)34(36(35)47-37)45-26-28-15-7-4-8-16-28/h3-8,13-16,29-36H,9-12,17-26H2,1-2H3/t29?,30?,31-,32-,33+,34+,35-,36+/m0/s1. The summed E-state index contributed by atoms with van der Waals surface area (Å²) >= 11 is 0. The molecule has 8 atom stereocenters. The van der Waals surface area contributed by atoms with Crippen LogP contribution in [0.5, 0.6) is 0 Å². The molecule has 4 aliphatic rings. The molecule has 2 unspecified atom stereocenters. The van der Waals surface area contributed by atoms with Gasteiger partial charge in [-0.3, -0.25) is 0 Å². The first-order valence-corrected chi connectivity index (χ1v) is 17.4. The zero-order valence-electron chi connectivity index (χ0n) is 27.9. The second-order valence-electron chi connectivity index (χ2n) is 13.1. The van der Waals surface area contributed by atoms with Crippen molar-refractivity contribution in [2.24, 2.45) is 0 Å². The Kier molecular flexibility index (Phi) is 13.1. The van der Waals surface area contributed by atoms with Crippen molar-refractivity contribution in [3.05, 3.63) is 71.8 Å². The first-order valence-electron chi connectivity index (χ1n) is 17.4. The molecule has 2 aromatic rings. The Hall–Kier alpha value is -1.96. The van der Waals surface area contributed by atoms with Crippen LogP contribution < -0.4 is 0 Å².